The number of methoxy groups -OCH3 is 1. The lowest BCUT2D eigenvalue weighted by Gasteiger charge is -2.12. The summed E-state index contributed by atoms with van der Waals surface area (Å²) in [6.07, 6.45) is 6.43. The highest BCUT2D eigenvalue weighted by atomic mass is 16.5. The number of para-hydroxylation sites is 1. The summed E-state index contributed by atoms with van der Waals surface area (Å²) in [5, 5.41) is 3.52. The Hall–Kier alpha value is -1.81. The third kappa shape index (κ3) is 2.96. The van der Waals surface area contributed by atoms with Gasteiger partial charge in [0.15, 0.2) is 0 Å². The zero-order chi connectivity index (χ0) is 13.1. The maximum Gasteiger partial charge on any atom is 0.123 e. The molecule has 2 aromatic rings. The number of nitrogens with zero attached hydrogens (tertiary/aromatic N) is 2. The number of aromatic nitrogens is 2. The Kier molecular flexibility index (Phi) is 3.51. The van der Waals surface area contributed by atoms with Crippen molar-refractivity contribution in [1.29, 1.82) is 0 Å². The van der Waals surface area contributed by atoms with Gasteiger partial charge in [-0.3, -0.25) is 0 Å². The topological polar surface area (TPSA) is 39.1 Å². The van der Waals surface area contributed by atoms with E-state index in [2.05, 4.69) is 20.9 Å². The summed E-state index contributed by atoms with van der Waals surface area (Å²) in [5.74, 6) is 0.928. The first kappa shape index (κ1) is 12.2. The number of rotatable bonds is 6. The molecule has 1 aliphatic rings. The number of imidazole rings is 1. The molecule has 1 N–H and O–H groups in total. The van der Waals surface area contributed by atoms with Crippen LogP contribution in [0.1, 0.15) is 24.1 Å². The summed E-state index contributed by atoms with van der Waals surface area (Å²) in [5.41, 5.74) is 2.40. The molecule has 1 saturated carbocycles. The van der Waals surface area contributed by atoms with E-state index in [0.29, 0.717) is 0 Å². The largest absolute Gasteiger partial charge is 0.496 e. The lowest BCUT2D eigenvalue weighted by atomic mass is 10.2. The first-order valence-electron chi connectivity index (χ1n) is 6.71. The molecule has 0 bridgehead atoms. The summed E-state index contributed by atoms with van der Waals surface area (Å²) in [6, 6.07) is 8.84. The molecule has 4 nitrogen and oxygen atoms in total. The van der Waals surface area contributed by atoms with Crippen molar-refractivity contribution in [2.24, 2.45) is 0 Å². The van der Waals surface area contributed by atoms with Crippen LogP contribution in [0.15, 0.2) is 36.8 Å². The van der Waals surface area contributed by atoms with Crippen molar-refractivity contribution >= 4 is 0 Å². The van der Waals surface area contributed by atoms with E-state index >= 15 is 0 Å². The Morgan fingerprint density at radius 1 is 1.37 bits per heavy atom. The van der Waals surface area contributed by atoms with Crippen molar-refractivity contribution in [1.82, 2.24) is 14.9 Å². The minimum atomic E-state index is 0.717. The van der Waals surface area contributed by atoms with Crippen LogP contribution in [0.2, 0.25) is 0 Å². The van der Waals surface area contributed by atoms with E-state index in [1.54, 1.807) is 7.11 Å². The van der Waals surface area contributed by atoms with Crippen molar-refractivity contribution in [3.63, 3.8) is 0 Å². The highest BCUT2D eigenvalue weighted by Crippen LogP contribution is 2.21. The number of hydrogen-bond donors (Lipinski definition) is 1. The van der Waals surface area contributed by atoms with Gasteiger partial charge in [0.2, 0.25) is 0 Å². The summed E-state index contributed by atoms with van der Waals surface area (Å²) in [4.78, 5) is 4.25. The molecule has 0 aliphatic heterocycles. The van der Waals surface area contributed by atoms with E-state index < -0.39 is 0 Å². The predicted octanol–water partition coefficient (Wildman–Crippen LogP) is 2.19. The average Bonchev–Trinajstić information content (AvgIpc) is 3.17. The molecule has 0 saturated heterocycles. The Morgan fingerprint density at radius 2 is 2.21 bits per heavy atom. The quantitative estimate of drug-likeness (QED) is 0.862. The van der Waals surface area contributed by atoms with Crippen molar-refractivity contribution in [2.75, 3.05) is 7.11 Å². The minimum Gasteiger partial charge on any atom is -0.496 e. The smallest absolute Gasteiger partial charge is 0.123 e. The van der Waals surface area contributed by atoms with Gasteiger partial charge in [0.05, 0.1) is 25.7 Å². The zero-order valence-corrected chi connectivity index (χ0v) is 11.2. The highest BCUT2D eigenvalue weighted by Gasteiger charge is 2.20. The Labute approximate surface area is 113 Å². The first-order valence-corrected chi connectivity index (χ1v) is 6.71. The van der Waals surface area contributed by atoms with E-state index in [9.17, 15) is 0 Å². The van der Waals surface area contributed by atoms with Crippen molar-refractivity contribution in [2.45, 2.75) is 32.0 Å². The van der Waals surface area contributed by atoms with Gasteiger partial charge in [-0.1, -0.05) is 18.2 Å². The van der Waals surface area contributed by atoms with Gasteiger partial charge in [-0.25, -0.2) is 4.98 Å². The van der Waals surface area contributed by atoms with E-state index in [1.165, 1.54) is 24.1 Å². The molecule has 1 aromatic carbocycles. The SMILES string of the molecule is COc1ccccc1Cn1cncc1CNC1CC1. The zero-order valence-electron chi connectivity index (χ0n) is 11.2. The Morgan fingerprint density at radius 3 is 3.00 bits per heavy atom. The molecule has 1 aromatic heterocycles. The van der Waals surface area contributed by atoms with Crippen LogP contribution in [0.25, 0.3) is 0 Å². The van der Waals surface area contributed by atoms with Crippen LogP contribution in [0.3, 0.4) is 0 Å². The molecular formula is C15H19N3O. The molecule has 4 heteroatoms. The van der Waals surface area contributed by atoms with Crippen LogP contribution in [-0.4, -0.2) is 22.7 Å². The second kappa shape index (κ2) is 5.45. The second-order valence-corrected chi connectivity index (χ2v) is 4.98. The molecule has 1 heterocycles. The molecule has 0 amide bonds. The second-order valence-electron chi connectivity index (χ2n) is 4.98. The molecule has 3 rings (SSSR count). The monoisotopic (exact) mass is 257 g/mol. The van der Waals surface area contributed by atoms with Gasteiger partial charge in [0.1, 0.15) is 5.75 Å². The third-order valence-corrected chi connectivity index (χ3v) is 3.48. The van der Waals surface area contributed by atoms with E-state index in [0.717, 1.165) is 24.9 Å². The number of nitrogens with one attached hydrogen (secondary N) is 1. The molecule has 0 radical (unpaired) electrons. The van der Waals surface area contributed by atoms with Crippen molar-refractivity contribution in [3.8, 4) is 5.75 Å². The molecule has 0 atom stereocenters. The van der Waals surface area contributed by atoms with Crippen LogP contribution in [0, 0.1) is 0 Å². The fraction of sp³-hybridized carbons (Fsp3) is 0.400. The molecule has 19 heavy (non-hydrogen) atoms. The van der Waals surface area contributed by atoms with Gasteiger partial charge in [0.25, 0.3) is 0 Å². The first-order chi connectivity index (χ1) is 9.36. The van der Waals surface area contributed by atoms with E-state index in [1.807, 2.05) is 30.7 Å². The lowest BCUT2D eigenvalue weighted by molar-refractivity contribution is 0.408. The molecule has 1 aliphatic carbocycles. The van der Waals surface area contributed by atoms with Crippen molar-refractivity contribution in [3.05, 3.63) is 48.0 Å². The standard InChI is InChI=1S/C15H19N3O/c1-19-15-5-3-2-4-12(15)10-18-11-16-8-14(18)9-17-13-6-7-13/h2-5,8,11,13,17H,6-7,9-10H2,1H3. The van der Waals surface area contributed by atoms with Gasteiger partial charge in [-0.15, -0.1) is 0 Å². The average molecular weight is 257 g/mol. The van der Waals surface area contributed by atoms with Crippen LogP contribution in [0.5, 0.6) is 5.75 Å². The molecule has 0 spiro atoms. The maximum absolute atomic E-state index is 5.39. The van der Waals surface area contributed by atoms with Gasteiger partial charge >= 0.3 is 0 Å². The fourth-order valence-electron chi connectivity index (χ4n) is 2.19. The molecule has 1 fully saturated rings. The minimum absolute atomic E-state index is 0.717. The fourth-order valence-corrected chi connectivity index (χ4v) is 2.19. The van der Waals surface area contributed by atoms with Crippen LogP contribution in [-0.2, 0) is 13.1 Å². The molecule has 100 valence electrons. The van der Waals surface area contributed by atoms with Gasteiger partial charge in [0, 0.05) is 24.3 Å². The van der Waals surface area contributed by atoms with E-state index in [-0.39, 0.29) is 0 Å². The predicted molar refractivity (Wildman–Crippen MR) is 74.2 cm³/mol. The van der Waals surface area contributed by atoms with Crippen molar-refractivity contribution < 1.29 is 4.74 Å². The van der Waals surface area contributed by atoms with Gasteiger partial charge in [-0.2, -0.15) is 0 Å². The number of benzene rings is 1. The van der Waals surface area contributed by atoms with Gasteiger partial charge in [-0.05, 0) is 18.9 Å². The van der Waals surface area contributed by atoms with Crippen LogP contribution >= 0.6 is 0 Å². The molecular weight excluding hydrogens is 238 g/mol. The summed E-state index contributed by atoms with van der Waals surface area (Å²) in [6.45, 7) is 1.69. The summed E-state index contributed by atoms with van der Waals surface area (Å²) in [7, 11) is 1.71. The van der Waals surface area contributed by atoms with Gasteiger partial charge < -0.3 is 14.6 Å². The summed E-state index contributed by atoms with van der Waals surface area (Å²) < 4.78 is 7.57. The maximum atomic E-state index is 5.39. The van der Waals surface area contributed by atoms with Crippen LogP contribution < -0.4 is 10.1 Å². The Balaban J connectivity index is 1.73. The Bertz CT molecular complexity index is 546. The van der Waals surface area contributed by atoms with Crippen LogP contribution in [0.4, 0.5) is 0 Å². The number of ether oxygens (including phenoxy) is 1. The lowest BCUT2D eigenvalue weighted by Crippen LogP contribution is -2.18. The number of hydrogen-bond acceptors (Lipinski definition) is 3. The normalized spacial score (nSPS) is 14.6. The summed E-state index contributed by atoms with van der Waals surface area (Å²) >= 11 is 0. The molecule has 0 unspecified atom stereocenters. The highest BCUT2D eigenvalue weighted by molar-refractivity contribution is 5.33. The third-order valence-electron chi connectivity index (χ3n) is 3.48. The van der Waals surface area contributed by atoms with E-state index in [4.69, 9.17) is 4.74 Å².